The summed E-state index contributed by atoms with van der Waals surface area (Å²) >= 11 is 0. The van der Waals surface area contributed by atoms with Gasteiger partial charge in [-0.3, -0.25) is 0 Å². The van der Waals surface area contributed by atoms with Crippen molar-refractivity contribution < 1.29 is 0 Å². The predicted molar refractivity (Wildman–Crippen MR) is 70.9 cm³/mol. The Hall–Kier alpha value is -0.120. The molecule has 0 saturated heterocycles. The molecule has 1 fully saturated rings. The number of hydrogen-bond acceptors (Lipinski definition) is 3. The van der Waals surface area contributed by atoms with E-state index >= 15 is 0 Å². The molecule has 3 nitrogen and oxygen atoms in total. The molecule has 0 spiro atoms. The first kappa shape index (κ1) is 13.9. The molecule has 0 aromatic rings. The SMILES string of the molecule is CCNC1CCCC1CN(C)CCN(C)C. The third kappa shape index (κ3) is 4.81. The minimum atomic E-state index is 0.770. The Balaban J connectivity index is 2.23. The number of nitrogens with zero attached hydrogens (tertiary/aromatic N) is 2. The van der Waals surface area contributed by atoms with Gasteiger partial charge < -0.3 is 15.1 Å². The lowest BCUT2D eigenvalue weighted by Gasteiger charge is -2.26. The van der Waals surface area contributed by atoms with E-state index in [1.165, 1.54) is 32.4 Å². The lowest BCUT2D eigenvalue weighted by Crippen LogP contribution is -2.39. The normalized spacial score (nSPS) is 25.9. The molecule has 1 aliphatic carbocycles. The van der Waals surface area contributed by atoms with Gasteiger partial charge in [0.2, 0.25) is 0 Å². The number of rotatable bonds is 7. The molecule has 0 aliphatic heterocycles. The summed E-state index contributed by atoms with van der Waals surface area (Å²) in [5.41, 5.74) is 0. The Labute approximate surface area is 101 Å². The van der Waals surface area contributed by atoms with Gasteiger partial charge in [-0.1, -0.05) is 13.3 Å². The topological polar surface area (TPSA) is 18.5 Å². The van der Waals surface area contributed by atoms with Crippen LogP contribution >= 0.6 is 0 Å². The zero-order valence-electron chi connectivity index (χ0n) is 11.5. The monoisotopic (exact) mass is 227 g/mol. The van der Waals surface area contributed by atoms with Gasteiger partial charge in [-0.15, -0.1) is 0 Å². The van der Waals surface area contributed by atoms with Crippen LogP contribution in [0, 0.1) is 5.92 Å². The summed E-state index contributed by atoms with van der Waals surface area (Å²) in [6.07, 6.45) is 4.19. The van der Waals surface area contributed by atoms with Gasteiger partial charge in [-0.25, -0.2) is 0 Å². The smallest absolute Gasteiger partial charge is 0.0107 e. The highest BCUT2D eigenvalue weighted by molar-refractivity contribution is 4.84. The second-order valence-corrected chi connectivity index (χ2v) is 5.42. The molecule has 1 rings (SSSR count). The van der Waals surface area contributed by atoms with Gasteiger partial charge in [0.1, 0.15) is 0 Å². The molecular weight excluding hydrogens is 198 g/mol. The van der Waals surface area contributed by atoms with Crippen LogP contribution in [0.15, 0.2) is 0 Å². The molecule has 96 valence electrons. The Kier molecular flexibility index (Phi) is 6.32. The van der Waals surface area contributed by atoms with E-state index in [1.54, 1.807) is 0 Å². The first-order valence-corrected chi connectivity index (χ1v) is 6.70. The van der Waals surface area contributed by atoms with E-state index in [9.17, 15) is 0 Å². The summed E-state index contributed by atoms with van der Waals surface area (Å²) in [7, 11) is 6.54. The molecule has 0 amide bonds. The Morgan fingerprint density at radius 3 is 2.50 bits per heavy atom. The molecule has 0 radical (unpaired) electrons. The zero-order chi connectivity index (χ0) is 12.0. The first-order valence-electron chi connectivity index (χ1n) is 6.70. The van der Waals surface area contributed by atoms with E-state index in [0.29, 0.717) is 0 Å². The van der Waals surface area contributed by atoms with Gasteiger partial charge in [0.25, 0.3) is 0 Å². The highest BCUT2D eigenvalue weighted by Gasteiger charge is 2.26. The van der Waals surface area contributed by atoms with Crippen molar-refractivity contribution in [3.05, 3.63) is 0 Å². The summed E-state index contributed by atoms with van der Waals surface area (Å²) < 4.78 is 0. The highest BCUT2D eigenvalue weighted by Crippen LogP contribution is 2.26. The molecule has 2 atom stereocenters. The third-order valence-electron chi connectivity index (χ3n) is 3.60. The van der Waals surface area contributed by atoms with E-state index in [1.807, 2.05) is 0 Å². The van der Waals surface area contributed by atoms with E-state index in [4.69, 9.17) is 0 Å². The molecule has 1 N–H and O–H groups in total. The Morgan fingerprint density at radius 2 is 1.88 bits per heavy atom. The molecule has 1 aliphatic rings. The quantitative estimate of drug-likeness (QED) is 0.706. The minimum absolute atomic E-state index is 0.770. The van der Waals surface area contributed by atoms with Crippen molar-refractivity contribution in [2.75, 3.05) is 47.3 Å². The predicted octanol–water partition coefficient (Wildman–Crippen LogP) is 1.26. The fourth-order valence-electron chi connectivity index (χ4n) is 2.65. The maximum Gasteiger partial charge on any atom is 0.0107 e. The van der Waals surface area contributed by atoms with Crippen LogP contribution in [-0.2, 0) is 0 Å². The molecule has 16 heavy (non-hydrogen) atoms. The van der Waals surface area contributed by atoms with Crippen molar-refractivity contribution in [3.8, 4) is 0 Å². The fourth-order valence-corrected chi connectivity index (χ4v) is 2.65. The molecule has 0 heterocycles. The van der Waals surface area contributed by atoms with Crippen LogP contribution in [0.5, 0.6) is 0 Å². The first-order chi connectivity index (χ1) is 7.63. The van der Waals surface area contributed by atoms with Gasteiger partial charge in [0.15, 0.2) is 0 Å². The average molecular weight is 227 g/mol. The molecule has 2 unspecified atom stereocenters. The van der Waals surface area contributed by atoms with E-state index in [2.05, 4.69) is 43.2 Å². The van der Waals surface area contributed by atoms with Crippen molar-refractivity contribution in [2.24, 2.45) is 5.92 Å². The summed E-state index contributed by atoms with van der Waals surface area (Å²) in [5.74, 6) is 0.868. The van der Waals surface area contributed by atoms with Crippen molar-refractivity contribution in [1.29, 1.82) is 0 Å². The van der Waals surface area contributed by atoms with E-state index in [0.717, 1.165) is 25.0 Å². The van der Waals surface area contributed by atoms with Crippen LogP contribution in [0.4, 0.5) is 0 Å². The number of likely N-dealkylation sites (N-methyl/N-ethyl adjacent to an activating group) is 2. The standard InChI is InChI=1S/C13H29N3/c1-5-14-13-8-6-7-12(13)11-16(4)10-9-15(2)3/h12-14H,5-11H2,1-4H3. The van der Waals surface area contributed by atoms with Gasteiger partial charge in [-0.2, -0.15) is 0 Å². The van der Waals surface area contributed by atoms with Gasteiger partial charge in [-0.05, 0) is 46.4 Å². The second kappa shape index (κ2) is 7.25. The second-order valence-electron chi connectivity index (χ2n) is 5.42. The molecule has 1 saturated carbocycles. The Morgan fingerprint density at radius 1 is 1.12 bits per heavy atom. The average Bonchev–Trinajstić information content (AvgIpc) is 2.63. The minimum Gasteiger partial charge on any atom is -0.314 e. The largest absolute Gasteiger partial charge is 0.314 e. The van der Waals surface area contributed by atoms with Crippen LogP contribution in [0.25, 0.3) is 0 Å². The van der Waals surface area contributed by atoms with Gasteiger partial charge >= 0.3 is 0 Å². The van der Waals surface area contributed by atoms with Crippen molar-refractivity contribution in [3.63, 3.8) is 0 Å². The molecule has 0 bridgehead atoms. The lowest BCUT2D eigenvalue weighted by atomic mass is 10.0. The van der Waals surface area contributed by atoms with Crippen LogP contribution in [0.1, 0.15) is 26.2 Å². The van der Waals surface area contributed by atoms with Crippen LogP contribution in [0.2, 0.25) is 0 Å². The fraction of sp³-hybridized carbons (Fsp3) is 1.00. The summed E-state index contributed by atoms with van der Waals surface area (Å²) in [4.78, 5) is 4.74. The summed E-state index contributed by atoms with van der Waals surface area (Å²) in [5, 5.41) is 3.63. The van der Waals surface area contributed by atoms with Gasteiger partial charge in [0.05, 0.1) is 0 Å². The van der Waals surface area contributed by atoms with Crippen molar-refractivity contribution >= 4 is 0 Å². The number of hydrogen-bond donors (Lipinski definition) is 1. The molecular formula is C13H29N3. The molecule has 3 heteroatoms. The summed E-state index contributed by atoms with van der Waals surface area (Å²) in [6, 6.07) is 0.770. The molecule has 0 aromatic heterocycles. The van der Waals surface area contributed by atoms with Gasteiger partial charge in [0, 0.05) is 25.7 Å². The lowest BCUT2D eigenvalue weighted by molar-refractivity contribution is 0.230. The summed E-state index contributed by atoms with van der Waals surface area (Å²) in [6.45, 7) is 6.93. The van der Waals surface area contributed by atoms with Crippen molar-refractivity contribution in [1.82, 2.24) is 15.1 Å². The Bertz CT molecular complexity index is 182. The van der Waals surface area contributed by atoms with Crippen LogP contribution < -0.4 is 5.32 Å². The molecule has 0 aromatic carbocycles. The third-order valence-corrected chi connectivity index (χ3v) is 3.60. The highest BCUT2D eigenvalue weighted by atomic mass is 15.2. The maximum atomic E-state index is 3.63. The zero-order valence-corrected chi connectivity index (χ0v) is 11.5. The van der Waals surface area contributed by atoms with E-state index in [-0.39, 0.29) is 0 Å². The van der Waals surface area contributed by atoms with Crippen molar-refractivity contribution in [2.45, 2.75) is 32.2 Å². The number of nitrogens with one attached hydrogen (secondary N) is 1. The van der Waals surface area contributed by atoms with E-state index < -0.39 is 0 Å². The van der Waals surface area contributed by atoms with Crippen LogP contribution in [0.3, 0.4) is 0 Å². The van der Waals surface area contributed by atoms with Crippen LogP contribution in [-0.4, -0.2) is 63.2 Å². The maximum absolute atomic E-state index is 3.63.